The van der Waals surface area contributed by atoms with Gasteiger partial charge in [-0.05, 0) is 79.1 Å². The summed E-state index contributed by atoms with van der Waals surface area (Å²) in [5.41, 5.74) is 4.96. The number of halogens is 1. The molecule has 0 bridgehead atoms. The lowest BCUT2D eigenvalue weighted by Gasteiger charge is -2.23. The number of amides is 1. The van der Waals surface area contributed by atoms with Gasteiger partial charge in [-0.1, -0.05) is 43.3 Å². The average Bonchev–Trinajstić information content (AvgIpc) is 2.86. The third kappa shape index (κ3) is 5.90. The highest BCUT2D eigenvalue weighted by atomic mass is 32.2. The summed E-state index contributed by atoms with van der Waals surface area (Å²) in [4.78, 5) is 13.0. The molecular formula is C28H31FN2O3S. The number of nitrogens with one attached hydrogen (secondary N) is 1. The molecule has 1 aliphatic carbocycles. The Hall–Kier alpha value is -3.19. The number of fused-ring (bicyclic) bond motifs is 1. The predicted molar refractivity (Wildman–Crippen MR) is 137 cm³/mol. The normalized spacial score (nSPS) is 14.1. The maximum Gasteiger partial charge on any atom is 0.251 e. The third-order valence-corrected chi connectivity index (χ3v) is 7.72. The monoisotopic (exact) mass is 494 g/mol. The van der Waals surface area contributed by atoms with Crippen molar-refractivity contribution in [1.29, 1.82) is 0 Å². The molecule has 0 aromatic heterocycles. The molecule has 3 aromatic rings. The number of hydrogen-bond acceptors (Lipinski definition) is 3. The van der Waals surface area contributed by atoms with Crippen LogP contribution in [0.1, 0.15) is 64.8 Å². The predicted octanol–water partition coefficient (Wildman–Crippen LogP) is 5.55. The van der Waals surface area contributed by atoms with Gasteiger partial charge in [0.25, 0.3) is 5.91 Å². The van der Waals surface area contributed by atoms with Gasteiger partial charge in [0.15, 0.2) is 0 Å². The van der Waals surface area contributed by atoms with E-state index in [-0.39, 0.29) is 24.1 Å². The SMILES string of the molecule is CCC(NC(=O)c1ccc(N(Cc2ccccc2F)S(C)(=O)=O)cc1)c1ccc2c(c1)CCCC2. The molecule has 7 heteroatoms. The molecule has 0 heterocycles. The van der Waals surface area contributed by atoms with Crippen LogP contribution in [-0.2, 0) is 29.4 Å². The fraction of sp³-hybridized carbons (Fsp3) is 0.321. The van der Waals surface area contributed by atoms with Gasteiger partial charge in [-0.15, -0.1) is 0 Å². The molecule has 0 radical (unpaired) electrons. The van der Waals surface area contributed by atoms with E-state index in [1.54, 1.807) is 42.5 Å². The second kappa shape index (κ2) is 10.6. The molecule has 35 heavy (non-hydrogen) atoms. The van der Waals surface area contributed by atoms with Crippen LogP contribution in [0.25, 0.3) is 0 Å². The maximum absolute atomic E-state index is 14.1. The van der Waals surface area contributed by atoms with Crippen molar-refractivity contribution in [3.05, 3.63) is 100 Å². The van der Waals surface area contributed by atoms with E-state index >= 15 is 0 Å². The van der Waals surface area contributed by atoms with Gasteiger partial charge in [-0.3, -0.25) is 9.10 Å². The van der Waals surface area contributed by atoms with E-state index in [9.17, 15) is 17.6 Å². The molecule has 1 N–H and O–H groups in total. The Morgan fingerprint density at radius 1 is 1.00 bits per heavy atom. The number of carbonyl (C=O) groups is 1. The molecule has 4 rings (SSSR count). The zero-order valence-corrected chi connectivity index (χ0v) is 20.9. The van der Waals surface area contributed by atoms with Gasteiger partial charge < -0.3 is 5.32 Å². The van der Waals surface area contributed by atoms with Crippen LogP contribution in [0.2, 0.25) is 0 Å². The van der Waals surface area contributed by atoms with Crippen LogP contribution in [-0.4, -0.2) is 20.6 Å². The lowest BCUT2D eigenvalue weighted by atomic mass is 9.88. The van der Waals surface area contributed by atoms with Gasteiger partial charge in [0.2, 0.25) is 10.0 Å². The number of rotatable bonds is 8. The number of hydrogen-bond donors (Lipinski definition) is 1. The van der Waals surface area contributed by atoms with Crippen LogP contribution in [0, 0.1) is 5.82 Å². The molecule has 3 aromatic carbocycles. The van der Waals surface area contributed by atoms with Crippen molar-refractivity contribution < 1.29 is 17.6 Å². The first-order valence-corrected chi connectivity index (χ1v) is 13.8. The summed E-state index contributed by atoms with van der Waals surface area (Å²) in [5, 5.41) is 3.11. The minimum Gasteiger partial charge on any atom is -0.345 e. The fourth-order valence-electron chi connectivity index (χ4n) is 4.59. The minimum atomic E-state index is -3.67. The number of nitrogens with zero attached hydrogens (tertiary/aromatic N) is 1. The smallest absolute Gasteiger partial charge is 0.251 e. The molecule has 1 amide bonds. The molecule has 5 nitrogen and oxygen atoms in total. The highest BCUT2D eigenvalue weighted by Crippen LogP contribution is 2.27. The van der Waals surface area contributed by atoms with Gasteiger partial charge in [-0.2, -0.15) is 0 Å². The Labute approximate surface area is 207 Å². The Morgan fingerprint density at radius 2 is 1.69 bits per heavy atom. The van der Waals surface area contributed by atoms with Crippen LogP contribution >= 0.6 is 0 Å². The lowest BCUT2D eigenvalue weighted by Crippen LogP contribution is -2.30. The van der Waals surface area contributed by atoms with Crippen LogP contribution in [0.3, 0.4) is 0 Å². The zero-order chi connectivity index (χ0) is 25.0. The van der Waals surface area contributed by atoms with E-state index in [1.165, 1.54) is 30.0 Å². The van der Waals surface area contributed by atoms with Crippen molar-refractivity contribution in [3.63, 3.8) is 0 Å². The van der Waals surface area contributed by atoms with E-state index in [0.29, 0.717) is 11.3 Å². The standard InChI is InChI=1S/C28H31FN2O3S/c1-3-27(23-13-12-20-8-4-5-9-22(20)18-23)30-28(32)21-14-16-25(17-15-21)31(35(2,33)34)19-24-10-6-7-11-26(24)29/h6-7,10-18,27H,3-5,8-9,19H2,1-2H3,(H,30,32). The van der Waals surface area contributed by atoms with Crippen molar-refractivity contribution in [2.24, 2.45) is 0 Å². The Morgan fingerprint density at radius 3 is 2.34 bits per heavy atom. The van der Waals surface area contributed by atoms with E-state index in [2.05, 4.69) is 23.5 Å². The molecule has 0 saturated heterocycles. The second-order valence-electron chi connectivity index (χ2n) is 9.08. The Kier molecular flexibility index (Phi) is 7.55. The highest BCUT2D eigenvalue weighted by Gasteiger charge is 2.21. The molecule has 0 spiro atoms. The second-order valence-corrected chi connectivity index (χ2v) is 11.0. The number of sulfonamides is 1. The molecular weight excluding hydrogens is 463 g/mol. The number of anilines is 1. The maximum atomic E-state index is 14.1. The molecule has 184 valence electrons. The summed E-state index contributed by atoms with van der Waals surface area (Å²) in [6, 6.07) is 18.8. The number of benzene rings is 3. The van der Waals surface area contributed by atoms with E-state index in [1.807, 2.05) is 6.92 Å². The van der Waals surface area contributed by atoms with E-state index < -0.39 is 15.8 Å². The largest absolute Gasteiger partial charge is 0.345 e. The minimum absolute atomic E-state index is 0.108. The quantitative estimate of drug-likeness (QED) is 0.446. The molecule has 0 aliphatic heterocycles. The topological polar surface area (TPSA) is 66.5 Å². The number of carbonyl (C=O) groups excluding carboxylic acids is 1. The van der Waals surface area contributed by atoms with Crippen molar-refractivity contribution in [1.82, 2.24) is 5.32 Å². The molecule has 1 unspecified atom stereocenters. The van der Waals surface area contributed by atoms with Crippen molar-refractivity contribution >= 4 is 21.6 Å². The van der Waals surface area contributed by atoms with Crippen molar-refractivity contribution in [2.75, 3.05) is 10.6 Å². The fourth-order valence-corrected chi connectivity index (χ4v) is 5.47. The zero-order valence-electron chi connectivity index (χ0n) is 20.1. The van der Waals surface area contributed by atoms with Gasteiger partial charge in [-0.25, -0.2) is 12.8 Å². The van der Waals surface area contributed by atoms with Crippen LogP contribution < -0.4 is 9.62 Å². The summed E-state index contributed by atoms with van der Waals surface area (Å²) in [6.07, 6.45) is 6.47. The summed E-state index contributed by atoms with van der Waals surface area (Å²) in [5.74, 6) is -0.689. The molecule has 1 atom stereocenters. The van der Waals surface area contributed by atoms with Crippen molar-refractivity contribution in [3.8, 4) is 0 Å². The third-order valence-electron chi connectivity index (χ3n) is 6.58. The van der Waals surface area contributed by atoms with Crippen LogP contribution in [0.15, 0.2) is 66.7 Å². The van der Waals surface area contributed by atoms with E-state index in [4.69, 9.17) is 0 Å². The van der Waals surface area contributed by atoms with Crippen LogP contribution in [0.4, 0.5) is 10.1 Å². The summed E-state index contributed by atoms with van der Waals surface area (Å²) >= 11 is 0. The average molecular weight is 495 g/mol. The Bertz CT molecular complexity index is 1310. The first-order chi connectivity index (χ1) is 16.8. The molecule has 1 aliphatic rings. The molecule has 0 fully saturated rings. The van der Waals surface area contributed by atoms with E-state index in [0.717, 1.165) is 35.4 Å². The summed E-state index contributed by atoms with van der Waals surface area (Å²) < 4.78 is 40.1. The van der Waals surface area contributed by atoms with Gasteiger partial charge in [0.1, 0.15) is 5.82 Å². The Balaban J connectivity index is 1.50. The summed E-state index contributed by atoms with van der Waals surface area (Å²) in [6.45, 7) is 1.91. The van der Waals surface area contributed by atoms with Gasteiger partial charge in [0.05, 0.1) is 24.5 Å². The first kappa shape index (κ1) is 24.9. The lowest BCUT2D eigenvalue weighted by molar-refractivity contribution is 0.0935. The van der Waals surface area contributed by atoms with Gasteiger partial charge in [0, 0.05) is 11.1 Å². The number of aryl methyl sites for hydroxylation is 2. The van der Waals surface area contributed by atoms with Crippen LogP contribution in [0.5, 0.6) is 0 Å². The molecule has 0 saturated carbocycles. The highest BCUT2D eigenvalue weighted by molar-refractivity contribution is 7.92. The first-order valence-electron chi connectivity index (χ1n) is 12.0. The van der Waals surface area contributed by atoms with Gasteiger partial charge >= 0.3 is 0 Å². The van der Waals surface area contributed by atoms with Crippen molar-refractivity contribution in [2.45, 2.75) is 51.6 Å². The summed E-state index contributed by atoms with van der Waals surface area (Å²) in [7, 11) is -3.67.